The Balaban J connectivity index is 1.81. The molecule has 0 aliphatic carbocycles. The zero-order chi connectivity index (χ0) is 24.9. The van der Waals surface area contributed by atoms with Crippen LogP contribution in [-0.4, -0.2) is 72.1 Å². The second-order valence-corrected chi connectivity index (χ2v) is 8.87. The first-order valence-corrected chi connectivity index (χ1v) is 11.9. The summed E-state index contributed by atoms with van der Waals surface area (Å²) in [7, 11) is 0. The lowest BCUT2D eigenvalue weighted by molar-refractivity contribution is -0.139. The van der Waals surface area contributed by atoms with Crippen molar-refractivity contribution in [1.82, 2.24) is 15.2 Å². The summed E-state index contributed by atoms with van der Waals surface area (Å²) in [5, 5.41) is 14.8. The van der Waals surface area contributed by atoms with Crippen LogP contribution in [0.25, 0.3) is 0 Å². The number of carboxylic acid groups (broad SMARTS) is 1. The molecule has 13 heteroatoms. The van der Waals surface area contributed by atoms with Gasteiger partial charge in [-0.3, -0.25) is 9.89 Å². The molecule has 0 bridgehead atoms. The van der Waals surface area contributed by atoms with E-state index in [2.05, 4.69) is 15.3 Å². The summed E-state index contributed by atoms with van der Waals surface area (Å²) in [6, 6.07) is 3.00. The molecule has 0 amide bonds. The number of esters is 1. The summed E-state index contributed by atoms with van der Waals surface area (Å²) < 4.78 is 29.9. The predicted octanol–water partition coefficient (Wildman–Crippen LogP) is 3.20. The Morgan fingerprint density at radius 1 is 1.40 bits per heavy atom. The molecule has 10 nitrogen and oxygen atoms in total. The molecule has 35 heavy (non-hydrogen) atoms. The number of ether oxygens (including phenoxy) is 3. The normalized spacial score (nSPS) is 20.7. The number of rotatable bonds is 7. The minimum absolute atomic E-state index is 0.0324. The first-order valence-electron chi connectivity index (χ1n) is 10.7. The van der Waals surface area contributed by atoms with Gasteiger partial charge in [0.05, 0.1) is 25.4 Å². The van der Waals surface area contributed by atoms with Crippen molar-refractivity contribution in [2.75, 3.05) is 32.9 Å². The molecule has 1 aromatic heterocycles. The SMILES string of the molecule is CCOC(=O)C1=C(CN2CCOC[C@@H]2OC(=O)O)NC(c2nccs2)=N[C@H]1c1cc(F)cc(Cl)c1. The van der Waals surface area contributed by atoms with Gasteiger partial charge in [0.25, 0.3) is 0 Å². The van der Waals surface area contributed by atoms with E-state index in [1.165, 1.54) is 23.5 Å². The molecule has 2 aromatic rings. The van der Waals surface area contributed by atoms with Gasteiger partial charge in [-0.15, -0.1) is 11.3 Å². The van der Waals surface area contributed by atoms with E-state index in [9.17, 15) is 14.0 Å². The number of nitrogens with one attached hydrogen (secondary N) is 1. The monoisotopic (exact) mass is 524 g/mol. The maximum atomic E-state index is 14.3. The summed E-state index contributed by atoms with van der Waals surface area (Å²) in [6.45, 7) is 2.59. The van der Waals surface area contributed by atoms with Gasteiger partial charge in [-0.1, -0.05) is 11.6 Å². The molecule has 2 aliphatic rings. The van der Waals surface area contributed by atoms with E-state index in [1.807, 2.05) is 0 Å². The molecule has 2 N–H and O–H groups in total. The van der Waals surface area contributed by atoms with Gasteiger partial charge in [0, 0.05) is 35.4 Å². The van der Waals surface area contributed by atoms with Crippen molar-refractivity contribution < 1.29 is 33.3 Å². The molecule has 2 aliphatic heterocycles. The Bertz CT molecular complexity index is 1140. The molecule has 1 saturated heterocycles. The van der Waals surface area contributed by atoms with Crippen LogP contribution in [0.1, 0.15) is 23.5 Å². The Kier molecular flexibility index (Phi) is 7.96. The van der Waals surface area contributed by atoms with Crippen LogP contribution >= 0.6 is 22.9 Å². The molecule has 0 unspecified atom stereocenters. The van der Waals surface area contributed by atoms with Crippen molar-refractivity contribution in [2.24, 2.45) is 4.99 Å². The van der Waals surface area contributed by atoms with Gasteiger partial charge in [0.15, 0.2) is 17.1 Å². The third kappa shape index (κ3) is 5.96. The van der Waals surface area contributed by atoms with Gasteiger partial charge in [0.2, 0.25) is 0 Å². The number of hydrogen-bond donors (Lipinski definition) is 2. The second kappa shape index (κ2) is 11.1. The number of amidine groups is 1. The van der Waals surface area contributed by atoms with Crippen LogP contribution in [0.15, 0.2) is 46.0 Å². The summed E-state index contributed by atoms with van der Waals surface area (Å²) in [6.07, 6.45) is -0.719. The Morgan fingerprint density at radius 3 is 2.91 bits per heavy atom. The number of aliphatic imine (C=N–C) groups is 1. The second-order valence-electron chi connectivity index (χ2n) is 7.54. The highest BCUT2D eigenvalue weighted by atomic mass is 35.5. The van der Waals surface area contributed by atoms with E-state index in [4.69, 9.17) is 30.9 Å². The Labute approximate surface area is 209 Å². The number of carbonyl (C=O) groups excluding carboxylic acids is 1. The number of carbonyl (C=O) groups is 2. The maximum Gasteiger partial charge on any atom is 0.507 e. The van der Waals surface area contributed by atoms with Gasteiger partial charge in [-0.05, 0) is 30.7 Å². The van der Waals surface area contributed by atoms with Crippen molar-refractivity contribution >= 4 is 40.9 Å². The highest BCUT2D eigenvalue weighted by Crippen LogP contribution is 2.35. The molecule has 4 rings (SSSR count). The van der Waals surface area contributed by atoms with Crippen molar-refractivity contribution in [3.63, 3.8) is 0 Å². The molecular weight excluding hydrogens is 503 g/mol. The van der Waals surface area contributed by atoms with E-state index in [0.29, 0.717) is 35.3 Å². The van der Waals surface area contributed by atoms with Gasteiger partial charge in [0.1, 0.15) is 11.9 Å². The molecule has 2 atom stereocenters. The molecule has 0 saturated carbocycles. The number of thiazole rings is 1. The van der Waals surface area contributed by atoms with Crippen molar-refractivity contribution in [1.29, 1.82) is 0 Å². The number of morpholine rings is 1. The molecule has 186 valence electrons. The fraction of sp³-hybridized carbons (Fsp3) is 0.364. The average molecular weight is 525 g/mol. The van der Waals surface area contributed by atoms with E-state index < -0.39 is 30.2 Å². The lowest BCUT2D eigenvalue weighted by Gasteiger charge is -2.36. The molecule has 0 spiro atoms. The van der Waals surface area contributed by atoms with Gasteiger partial charge >= 0.3 is 12.1 Å². The number of halogens is 2. The number of nitrogens with zero attached hydrogens (tertiary/aromatic N) is 3. The number of benzene rings is 1. The van der Waals surface area contributed by atoms with Gasteiger partial charge in [-0.2, -0.15) is 0 Å². The van der Waals surface area contributed by atoms with Crippen LogP contribution in [0.5, 0.6) is 0 Å². The van der Waals surface area contributed by atoms with Crippen LogP contribution < -0.4 is 5.32 Å². The molecular formula is C22H22ClFN4O6S. The van der Waals surface area contributed by atoms with E-state index >= 15 is 0 Å². The molecule has 1 fully saturated rings. The zero-order valence-corrected chi connectivity index (χ0v) is 20.1. The van der Waals surface area contributed by atoms with E-state index in [-0.39, 0.29) is 30.4 Å². The Morgan fingerprint density at radius 2 is 2.23 bits per heavy atom. The predicted molar refractivity (Wildman–Crippen MR) is 125 cm³/mol. The zero-order valence-electron chi connectivity index (χ0n) is 18.6. The van der Waals surface area contributed by atoms with Crippen molar-refractivity contribution in [3.05, 3.63) is 62.5 Å². The topological polar surface area (TPSA) is 123 Å². The average Bonchev–Trinajstić information content (AvgIpc) is 3.34. The fourth-order valence-corrected chi connectivity index (χ4v) is 4.64. The van der Waals surface area contributed by atoms with Crippen molar-refractivity contribution in [3.8, 4) is 0 Å². The lowest BCUT2D eigenvalue weighted by atomic mass is 9.95. The van der Waals surface area contributed by atoms with Crippen LogP contribution in [0, 0.1) is 5.82 Å². The molecule has 0 radical (unpaired) electrons. The summed E-state index contributed by atoms with van der Waals surface area (Å²) in [5.41, 5.74) is 0.899. The smallest absolute Gasteiger partial charge is 0.463 e. The minimum Gasteiger partial charge on any atom is -0.463 e. The van der Waals surface area contributed by atoms with Crippen LogP contribution in [0.2, 0.25) is 5.02 Å². The fourth-order valence-electron chi connectivity index (χ4n) is 3.82. The van der Waals surface area contributed by atoms with E-state index in [0.717, 1.165) is 6.07 Å². The van der Waals surface area contributed by atoms with Gasteiger partial charge < -0.3 is 24.6 Å². The third-order valence-electron chi connectivity index (χ3n) is 5.25. The Hall–Kier alpha value is -3.06. The van der Waals surface area contributed by atoms with E-state index in [1.54, 1.807) is 23.4 Å². The highest BCUT2D eigenvalue weighted by Gasteiger charge is 2.36. The molecule has 3 heterocycles. The third-order valence-corrected chi connectivity index (χ3v) is 6.24. The summed E-state index contributed by atoms with van der Waals surface area (Å²) >= 11 is 7.44. The van der Waals surface area contributed by atoms with Crippen LogP contribution in [0.3, 0.4) is 0 Å². The lowest BCUT2D eigenvalue weighted by Crippen LogP contribution is -2.50. The van der Waals surface area contributed by atoms with Crippen LogP contribution in [0.4, 0.5) is 9.18 Å². The first kappa shape index (κ1) is 25.0. The standard InChI is InChI=1S/C22H22ClFN4O6S/c1-2-33-21(29)17-15(10-28-4-5-32-11-16(28)34-22(30)31)26-19(20-25-3-6-35-20)27-18(17)12-7-13(23)9-14(24)8-12/h3,6-9,16,18H,2,4-5,10-11H2,1H3,(H,26,27)(H,30,31)/t16-,18-/m0/s1. The molecule has 1 aromatic carbocycles. The quantitative estimate of drug-likeness (QED) is 0.525. The summed E-state index contributed by atoms with van der Waals surface area (Å²) in [5.74, 6) is -0.853. The minimum atomic E-state index is -1.45. The van der Waals surface area contributed by atoms with Crippen LogP contribution in [-0.2, 0) is 19.0 Å². The highest BCUT2D eigenvalue weighted by molar-refractivity contribution is 7.11. The number of aromatic nitrogens is 1. The number of hydrogen-bond acceptors (Lipinski definition) is 10. The van der Waals surface area contributed by atoms with Gasteiger partial charge in [-0.25, -0.2) is 19.0 Å². The maximum absolute atomic E-state index is 14.3. The first-order chi connectivity index (χ1) is 16.9. The largest absolute Gasteiger partial charge is 0.507 e. The van der Waals surface area contributed by atoms with Crippen molar-refractivity contribution in [2.45, 2.75) is 19.2 Å². The summed E-state index contributed by atoms with van der Waals surface area (Å²) in [4.78, 5) is 35.0.